The summed E-state index contributed by atoms with van der Waals surface area (Å²) in [6.07, 6.45) is 5.49. The van der Waals surface area contributed by atoms with Crippen LogP contribution in [-0.4, -0.2) is 16.9 Å². The number of rotatable bonds is 0. The van der Waals surface area contributed by atoms with Crippen molar-refractivity contribution in [2.45, 2.75) is 11.9 Å². The molecule has 0 aromatic rings. The summed E-state index contributed by atoms with van der Waals surface area (Å²) in [6.45, 7) is 1.16. The van der Waals surface area contributed by atoms with Gasteiger partial charge in [0.2, 0.25) is 0 Å². The van der Waals surface area contributed by atoms with E-state index in [2.05, 4.69) is 17.2 Å². The van der Waals surface area contributed by atoms with Gasteiger partial charge >= 0.3 is 0 Å². The highest BCUT2D eigenvalue weighted by Gasteiger charge is 2.30. The lowest BCUT2D eigenvalue weighted by molar-refractivity contribution is 0.442. The number of halogens is 1. The van der Waals surface area contributed by atoms with E-state index in [4.69, 9.17) is 11.6 Å². The van der Waals surface area contributed by atoms with Crippen LogP contribution in [0.1, 0.15) is 6.42 Å². The zero-order chi connectivity index (χ0) is 5.56. The number of alkyl halides is 1. The fraction of sp³-hybridized carbons (Fsp3) is 0.667. The first-order valence-electron chi connectivity index (χ1n) is 2.94. The van der Waals surface area contributed by atoms with Crippen LogP contribution in [0.4, 0.5) is 0 Å². The fourth-order valence-electron chi connectivity index (χ4n) is 1.37. The summed E-state index contributed by atoms with van der Waals surface area (Å²) in [4.78, 5) is 2.19. The van der Waals surface area contributed by atoms with Gasteiger partial charge in [-0.05, 0) is 18.5 Å². The van der Waals surface area contributed by atoms with Gasteiger partial charge in [-0.2, -0.15) is 0 Å². The van der Waals surface area contributed by atoms with E-state index in [1.54, 1.807) is 0 Å². The van der Waals surface area contributed by atoms with E-state index in [0.717, 1.165) is 18.9 Å². The van der Waals surface area contributed by atoms with Crippen molar-refractivity contribution in [3.63, 3.8) is 0 Å². The highest BCUT2D eigenvalue weighted by Crippen LogP contribution is 2.31. The van der Waals surface area contributed by atoms with Crippen molar-refractivity contribution in [1.82, 2.24) is 4.90 Å². The lowest BCUT2D eigenvalue weighted by atomic mass is 10.1. The summed E-state index contributed by atoms with van der Waals surface area (Å²) >= 11 is 5.88. The average molecular weight is 130 g/mol. The fourth-order valence-corrected chi connectivity index (χ4v) is 1.74. The molecule has 2 bridgehead atoms. The molecule has 2 heterocycles. The van der Waals surface area contributed by atoms with Gasteiger partial charge in [0.1, 0.15) is 5.50 Å². The molecule has 0 spiro atoms. The van der Waals surface area contributed by atoms with Crippen molar-refractivity contribution in [3.05, 3.63) is 12.3 Å². The van der Waals surface area contributed by atoms with Crippen molar-refractivity contribution in [2.24, 2.45) is 5.92 Å². The third-order valence-electron chi connectivity index (χ3n) is 1.85. The molecule has 1 fully saturated rings. The molecule has 0 aliphatic carbocycles. The monoisotopic (exact) mass is 129 g/mol. The maximum absolute atomic E-state index is 5.88. The van der Waals surface area contributed by atoms with Gasteiger partial charge in [-0.3, -0.25) is 0 Å². The highest BCUT2D eigenvalue weighted by atomic mass is 35.5. The summed E-state index contributed by atoms with van der Waals surface area (Å²) in [7, 11) is 0. The maximum Gasteiger partial charge on any atom is 0.104 e. The summed E-state index contributed by atoms with van der Waals surface area (Å²) < 4.78 is 0. The molecule has 8 heavy (non-hydrogen) atoms. The van der Waals surface area contributed by atoms with E-state index in [1.807, 2.05) is 0 Å². The standard InChI is InChI=1S/C6H8ClN/c7-6-3-5-1-2-8(6)4-5/h1-2,5-6H,3-4H2. The second kappa shape index (κ2) is 1.41. The van der Waals surface area contributed by atoms with Crippen molar-refractivity contribution in [2.75, 3.05) is 6.54 Å². The van der Waals surface area contributed by atoms with Gasteiger partial charge in [0.15, 0.2) is 0 Å². The minimum atomic E-state index is 0.296. The van der Waals surface area contributed by atoms with Crippen LogP contribution in [-0.2, 0) is 0 Å². The van der Waals surface area contributed by atoms with E-state index < -0.39 is 0 Å². The first-order valence-corrected chi connectivity index (χ1v) is 3.38. The lowest BCUT2D eigenvalue weighted by Gasteiger charge is -2.14. The Labute approximate surface area is 53.9 Å². The topological polar surface area (TPSA) is 3.24 Å². The zero-order valence-corrected chi connectivity index (χ0v) is 5.30. The molecule has 0 amide bonds. The van der Waals surface area contributed by atoms with E-state index in [-0.39, 0.29) is 0 Å². The molecule has 2 unspecified atom stereocenters. The molecule has 1 nitrogen and oxygen atoms in total. The van der Waals surface area contributed by atoms with Gasteiger partial charge in [0.25, 0.3) is 0 Å². The molecule has 0 radical (unpaired) electrons. The summed E-state index contributed by atoms with van der Waals surface area (Å²) in [5, 5.41) is 0. The molecule has 1 saturated heterocycles. The maximum atomic E-state index is 5.88. The highest BCUT2D eigenvalue weighted by molar-refractivity contribution is 6.20. The molecule has 0 aromatic heterocycles. The molecule has 2 aliphatic rings. The van der Waals surface area contributed by atoms with Crippen LogP contribution in [0.25, 0.3) is 0 Å². The van der Waals surface area contributed by atoms with Crippen LogP contribution in [0.15, 0.2) is 12.3 Å². The first-order chi connectivity index (χ1) is 3.86. The second-order valence-electron chi connectivity index (χ2n) is 2.47. The lowest BCUT2D eigenvalue weighted by Crippen LogP contribution is -2.16. The number of hydrogen-bond acceptors (Lipinski definition) is 1. The summed E-state index contributed by atoms with van der Waals surface area (Å²) in [6, 6.07) is 0. The summed E-state index contributed by atoms with van der Waals surface area (Å²) in [5.74, 6) is 0.762. The van der Waals surface area contributed by atoms with Gasteiger partial charge < -0.3 is 4.90 Å². The van der Waals surface area contributed by atoms with Crippen LogP contribution in [0.3, 0.4) is 0 Å². The Bertz CT molecular complexity index is 132. The van der Waals surface area contributed by atoms with Crippen LogP contribution in [0.2, 0.25) is 0 Å². The zero-order valence-electron chi connectivity index (χ0n) is 4.55. The Morgan fingerprint density at radius 1 is 1.62 bits per heavy atom. The average Bonchev–Trinajstić information content (AvgIpc) is 2.23. The molecule has 2 rings (SSSR count). The predicted octanol–water partition coefficient (Wildman–Crippen LogP) is 1.40. The Balaban J connectivity index is 2.23. The van der Waals surface area contributed by atoms with Crippen LogP contribution >= 0.6 is 11.6 Å². The van der Waals surface area contributed by atoms with E-state index in [0.29, 0.717) is 5.50 Å². The molecule has 2 atom stereocenters. The smallest absolute Gasteiger partial charge is 0.104 e. The van der Waals surface area contributed by atoms with Gasteiger partial charge in [0, 0.05) is 6.54 Å². The van der Waals surface area contributed by atoms with Crippen molar-refractivity contribution >= 4 is 11.6 Å². The van der Waals surface area contributed by atoms with Gasteiger partial charge in [-0.15, -0.1) is 0 Å². The van der Waals surface area contributed by atoms with E-state index in [1.165, 1.54) is 0 Å². The third kappa shape index (κ3) is 0.480. The van der Waals surface area contributed by atoms with Gasteiger partial charge in [-0.25, -0.2) is 0 Å². The Hall–Kier alpha value is -0.170. The van der Waals surface area contributed by atoms with Crippen LogP contribution < -0.4 is 0 Å². The number of fused-ring (bicyclic) bond motifs is 2. The third-order valence-corrected chi connectivity index (χ3v) is 2.28. The van der Waals surface area contributed by atoms with Crippen LogP contribution in [0, 0.1) is 5.92 Å². The molecular weight excluding hydrogens is 122 g/mol. The summed E-state index contributed by atoms with van der Waals surface area (Å²) in [5.41, 5.74) is 0.296. The second-order valence-corrected chi connectivity index (χ2v) is 2.97. The van der Waals surface area contributed by atoms with E-state index >= 15 is 0 Å². The molecular formula is C6H8ClN. The predicted molar refractivity (Wildman–Crippen MR) is 33.6 cm³/mol. The Kier molecular flexibility index (Phi) is 0.826. The minimum absolute atomic E-state index is 0.296. The van der Waals surface area contributed by atoms with Crippen molar-refractivity contribution < 1.29 is 0 Å². The minimum Gasteiger partial charge on any atom is -0.361 e. The quantitative estimate of drug-likeness (QED) is 0.353. The Morgan fingerprint density at radius 3 is 2.75 bits per heavy atom. The number of hydrogen-bond donors (Lipinski definition) is 0. The largest absolute Gasteiger partial charge is 0.361 e. The van der Waals surface area contributed by atoms with Gasteiger partial charge in [0.05, 0.1) is 0 Å². The first kappa shape index (κ1) is 4.68. The number of nitrogens with zero attached hydrogens (tertiary/aromatic N) is 1. The molecule has 0 saturated carbocycles. The molecule has 0 N–H and O–H groups in total. The molecule has 2 aliphatic heterocycles. The molecule has 44 valence electrons. The molecule has 2 heteroatoms. The van der Waals surface area contributed by atoms with Crippen molar-refractivity contribution in [3.8, 4) is 0 Å². The van der Waals surface area contributed by atoms with Crippen molar-refractivity contribution in [1.29, 1.82) is 0 Å². The van der Waals surface area contributed by atoms with E-state index in [9.17, 15) is 0 Å². The SMILES string of the molecule is ClC1CC2C=CN1C2. The normalized spacial score (nSPS) is 41.9. The molecule has 0 aromatic carbocycles. The van der Waals surface area contributed by atoms with Gasteiger partial charge in [-0.1, -0.05) is 17.7 Å². The Morgan fingerprint density at radius 2 is 2.50 bits per heavy atom. The van der Waals surface area contributed by atoms with Crippen LogP contribution in [0.5, 0.6) is 0 Å².